The zero-order valence-electron chi connectivity index (χ0n) is 9.28. The summed E-state index contributed by atoms with van der Waals surface area (Å²) in [5.74, 6) is -1.23. The predicted molar refractivity (Wildman–Crippen MR) is 55.2 cm³/mol. The highest BCUT2D eigenvalue weighted by atomic mass is 16.6. The maximum Gasteiger partial charge on any atom is 0.348 e. The molecule has 0 fully saturated rings. The van der Waals surface area contributed by atoms with E-state index in [1.165, 1.54) is 7.11 Å². The van der Waals surface area contributed by atoms with Crippen molar-refractivity contribution in [1.29, 1.82) is 0 Å². The van der Waals surface area contributed by atoms with Gasteiger partial charge in [-0.25, -0.2) is 9.59 Å². The number of ether oxygens (including phenoxy) is 2. The van der Waals surface area contributed by atoms with Gasteiger partial charge >= 0.3 is 11.9 Å². The average Bonchev–Trinajstić information content (AvgIpc) is 2.24. The van der Waals surface area contributed by atoms with E-state index in [9.17, 15) is 9.59 Å². The van der Waals surface area contributed by atoms with Gasteiger partial charge in [-0.15, -0.1) is 0 Å². The molecule has 0 aliphatic heterocycles. The Labute approximate surface area is 89.4 Å². The molecule has 0 heterocycles. The molecule has 5 heteroatoms. The second-order valence-corrected chi connectivity index (χ2v) is 2.93. The summed E-state index contributed by atoms with van der Waals surface area (Å²) in [6.45, 7) is 7.55. The summed E-state index contributed by atoms with van der Waals surface area (Å²) in [4.78, 5) is 22.3. The normalized spacial score (nSPS) is 13.8. The lowest BCUT2D eigenvalue weighted by Crippen LogP contribution is -2.45. The summed E-state index contributed by atoms with van der Waals surface area (Å²) in [5.41, 5.74) is 0. The first kappa shape index (κ1) is 13.6. The topological polar surface area (TPSA) is 64.6 Å². The Balaban J connectivity index is 4.49. The average molecular weight is 215 g/mol. The molecule has 0 aromatic heterocycles. The molecule has 0 spiro atoms. The van der Waals surface area contributed by atoms with Gasteiger partial charge in [0.2, 0.25) is 6.10 Å². The molecule has 1 N–H and O–H groups in total. The molecule has 0 rings (SSSR count). The second-order valence-electron chi connectivity index (χ2n) is 2.93. The summed E-state index contributed by atoms with van der Waals surface area (Å²) in [6.07, 6.45) is 0.0645. The Morgan fingerprint density at radius 1 is 1.53 bits per heavy atom. The standard InChI is InChI=1S/C10H17NO4/c1-5-8(12)15-9(10(13)14-4)7(3)11-6-2/h5,7,9,11H,1,6H2,2-4H3. The van der Waals surface area contributed by atoms with E-state index in [1.807, 2.05) is 6.92 Å². The number of hydrogen-bond donors (Lipinski definition) is 1. The van der Waals surface area contributed by atoms with Gasteiger partial charge in [0.15, 0.2) is 0 Å². The first-order chi connectivity index (χ1) is 7.06. The molecular formula is C10H17NO4. The largest absolute Gasteiger partial charge is 0.466 e. The van der Waals surface area contributed by atoms with Crippen molar-refractivity contribution in [3.8, 4) is 0 Å². The van der Waals surface area contributed by atoms with Crippen molar-refractivity contribution in [3.63, 3.8) is 0 Å². The maximum atomic E-state index is 11.3. The molecule has 86 valence electrons. The van der Waals surface area contributed by atoms with E-state index >= 15 is 0 Å². The van der Waals surface area contributed by atoms with Gasteiger partial charge in [-0.2, -0.15) is 0 Å². The van der Waals surface area contributed by atoms with Crippen molar-refractivity contribution in [3.05, 3.63) is 12.7 Å². The van der Waals surface area contributed by atoms with E-state index in [-0.39, 0.29) is 6.04 Å². The van der Waals surface area contributed by atoms with E-state index in [1.54, 1.807) is 6.92 Å². The van der Waals surface area contributed by atoms with Gasteiger partial charge in [0.05, 0.1) is 13.2 Å². The summed E-state index contributed by atoms with van der Waals surface area (Å²) in [5, 5.41) is 2.98. The van der Waals surface area contributed by atoms with Crippen molar-refractivity contribution in [2.75, 3.05) is 13.7 Å². The van der Waals surface area contributed by atoms with E-state index in [0.29, 0.717) is 6.54 Å². The van der Waals surface area contributed by atoms with Gasteiger partial charge < -0.3 is 14.8 Å². The number of likely N-dealkylation sites (N-methyl/N-ethyl adjacent to an activating group) is 1. The third-order valence-corrected chi connectivity index (χ3v) is 1.82. The van der Waals surface area contributed by atoms with Crippen molar-refractivity contribution >= 4 is 11.9 Å². The predicted octanol–water partition coefficient (Wildman–Crippen LogP) is 0.255. The molecule has 0 aromatic carbocycles. The van der Waals surface area contributed by atoms with Crippen LogP contribution in [0.5, 0.6) is 0 Å². The highest BCUT2D eigenvalue weighted by molar-refractivity contribution is 5.85. The van der Waals surface area contributed by atoms with E-state index in [0.717, 1.165) is 6.08 Å². The summed E-state index contributed by atoms with van der Waals surface area (Å²) < 4.78 is 9.41. The van der Waals surface area contributed by atoms with Crippen LogP contribution in [0, 0.1) is 0 Å². The lowest BCUT2D eigenvalue weighted by Gasteiger charge is -2.21. The fraction of sp³-hybridized carbons (Fsp3) is 0.600. The Kier molecular flexibility index (Phi) is 6.37. The van der Waals surface area contributed by atoms with Crippen LogP contribution < -0.4 is 5.32 Å². The molecule has 2 unspecified atom stereocenters. The number of nitrogens with one attached hydrogen (secondary N) is 1. The monoisotopic (exact) mass is 215 g/mol. The van der Waals surface area contributed by atoms with Crippen molar-refractivity contribution in [2.45, 2.75) is 26.0 Å². The van der Waals surface area contributed by atoms with Gasteiger partial charge in [0.25, 0.3) is 0 Å². The van der Waals surface area contributed by atoms with E-state index < -0.39 is 18.0 Å². The van der Waals surface area contributed by atoms with Gasteiger partial charge in [-0.3, -0.25) is 0 Å². The number of rotatable bonds is 6. The van der Waals surface area contributed by atoms with Gasteiger partial charge in [-0.05, 0) is 13.5 Å². The Hall–Kier alpha value is -1.36. The number of carbonyl (C=O) groups excluding carboxylic acids is 2. The quantitative estimate of drug-likeness (QED) is 0.508. The highest BCUT2D eigenvalue weighted by Gasteiger charge is 2.28. The lowest BCUT2D eigenvalue weighted by atomic mass is 10.2. The molecule has 0 saturated heterocycles. The minimum Gasteiger partial charge on any atom is -0.466 e. The molecule has 5 nitrogen and oxygen atoms in total. The van der Waals surface area contributed by atoms with Gasteiger partial charge in [-0.1, -0.05) is 13.5 Å². The smallest absolute Gasteiger partial charge is 0.348 e. The molecule has 0 radical (unpaired) electrons. The zero-order chi connectivity index (χ0) is 11.8. The Morgan fingerprint density at radius 2 is 2.13 bits per heavy atom. The van der Waals surface area contributed by atoms with E-state index in [2.05, 4.69) is 16.6 Å². The minimum absolute atomic E-state index is 0.300. The lowest BCUT2D eigenvalue weighted by molar-refractivity contribution is -0.164. The van der Waals surface area contributed by atoms with Crippen LogP contribution in [0.3, 0.4) is 0 Å². The SMILES string of the molecule is C=CC(=O)OC(C(=O)OC)C(C)NCC. The van der Waals surface area contributed by atoms with E-state index in [4.69, 9.17) is 4.74 Å². The highest BCUT2D eigenvalue weighted by Crippen LogP contribution is 2.03. The maximum absolute atomic E-state index is 11.3. The van der Waals surface area contributed by atoms with Crippen LogP contribution in [-0.4, -0.2) is 37.7 Å². The fourth-order valence-corrected chi connectivity index (χ4v) is 1.07. The third-order valence-electron chi connectivity index (χ3n) is 1.82. The minimum atomic E-state index is -0.944. The molecule has 2 atom stereocenters. The number of carbonyl (C=O) groups is 2. The van der Waals surface area contributed by atoms with Crippen LogP contribution in [0.2, 0.25) is 0 Å². The van der Waals surface area contributed by atoms with Gasteiger partial charge in [0, 0.05) is 6.08 Å². The summed E-state index contributed by atoms with van der Waals surface area (Å²) in [7, 11) is 1.25. The summed E-state index contributed by atoms with van der Waals surface area (Å²) >= 11 is 0. The first-order valence-electron chi connectivity index (χ1n) is 4.71. The van der Waals surface area contributed by atoms with Crippen molar-refractivity contribution < 1.29 is 19.1 Å². The van der Waals surface area contributed by atoms with Crippen LogP contribution >= 0.6 is 0 Å². The number of hydrogen-bond acceptors (Lipinski definition) is 5. The molecule has 0 amide bonds. The second kappa shape index (κ2) is 7.00. The Bertz CT molecular complexity index is 240. The molecule has 0 bridgehead atoms. The molecule has 0 saturated carbocycles. The molecule has 0 aromatic rings. The van der Waals surface area contributed by atoms with Crippen LogP contribution in [0.25, 0.3) is 0 Å². The fourth-order valence-electron chi connectivity index (χ4n) is 1.07. The van der Waals surface area contributed by atoms with Crippen LogP contribution in [-0.2, 0) is 19.1 Å². The van der Waals surface area contributed by atoms with Crippen LogP contribution in [0.1, 0.15) is 13.8 Å². The molecule has 0 aliphatic carbocycles. The van der Waals surface area contributed by atoms with Crippen molar-refractivity contribution in [1.82, 2.24) is 5.32 Å². The number of methoxy groups -OCH3 is 1. The molecular weight excluding hydrogens is 198 g/mol. The number of esters is 2. The zero-order valence-corrected chi connectivity index (χ0v) is 9.28. The molecule has 0 aliphatic rings. The third kappa shape index (κ3) is 4.60. The van der Waals surface area contributed by atoms with Gasteiger partial charge in [0.1, 0.15) is 0 Å². The first-order valence-corrected chi connectivity index (χ1v) is 4.71. The van der Waals surface area contributed by atoms with Crippen LogP contribution in [0.4, 0.5) is 0 Å². The van der Waals surface area contributed by atoms with Crippen molar-refractivity contribution in [2.24, 2.45) is 0 Å². The Morgan fingerprint density at radius 3 is 2.53 bits per heavy atom. The molecule has 15 heavy (non-hydrogen) atoms. The summed E-state index contributed by atoms with van der Waals surface area (Å²) in [6, 6.07) is -0.300. The van der Waals surface area contributed by atoms with Crippen LogP contribution in [0.15, 0.2) is 12.7 Å².